The second kappa shape index (κ2) is 8.06. The molecule has 0 aliphatic carbocycles. The number of pyridine rings is 1. The normalized spacial score (nSPS) is 11.6. The predicted octanol–water partition coefficient (Wildman–Crippen LogP) is 2.45. The van der Waals surface area contributed by atoms with Crippen molar-refractivity contribution in [1.82, 2.24) is 4.98 Å². The van der Waals surface area contributed by atoms with E-state index in [1.165, 1.54) is 18.3 Å². The van der Waals surface area contributed by atoms with E-state index in [4.69, 9.17) is 5.11 Å². The fourth-order valence-corrected chi connectivity index (χ4v) is 2.36. The summed E-state index contributed by atoms with van der Waals surface area (Å²) < 4.78 is 0. The number of hydrogen-bond acceptors (Lipinski definition) is 6. The van der Waals surface area contributed by atoms with Crippen molar-refractivity contribution in [2.45, 2.75) is 25.7 Å². The molecule has 1 amide bonds. The van der Waals surface area contributed by atoms with Crippen molar-refractivity contribution in [1.29, 1.82) is 0 Å². The van der Waals surface area contributed by atoms with E-state index in [0.29, 0.717) is 16.9 Å². The van der Waals surface area contributed by atoms with Gasteiger partial charge in [-0.05, 0) is 23.8 Å². The molecule has 2 rings (SSSR count). The van der Waals surface area contributed by atoms with E-state index >= 15 is 0 Å². The van der Waals surface area contributed by atoms with Crippen LogP contribution in [0.3, 0.4) is 0 Å². The zero-order chi connectivity index (χ0) is 19.3. The minimum Gasteiger partial charge on any atom is -0.502 e. The fourth-order valence-electron chi connectivity index (χ4n) is 2.36. The Morgan fingerprint density at radius 3 is 2.58 bits per heavy atom. The molecule has 1 atom stereocenters. The summed E-state index contributed by atoms with van der Waals surface area (Å²) in [6.07, 6.45) is 1.31. The second-order valence-electron chi connectivity index (χ2n) is 5.78. The van der Waals surface area contributed by atoms with Gasteiger partial charge in [0.05, 0.1) is 29.6 Å². The van der Waals surface area contributed by atoms with E-state index in [1.807, 2.05) is 0 Å². The van der Waals surface area contributed by atoms with Crippen LogP contribution >= 0.6 is 0 Å². The Labute approximate surface area is 148 Å². The monoisotopic (exact) mass is 359 g/mol. The quantitative estimate of drug-likeness (QED) is 0.509. The van der Waals surface area contributed by atoms with Crippen LogP contribution in [0.1, 0.15) is 30.5 Å². The van der Waals surface area contributed by atoms with Crippen molar-refractivity contribution < 1.29 is 24.7 Å². The number of anilines is 1. The molecule has 2 aromatic rings. The standard InChI is InChI=1S/C17H17N3O6/c1-10(6-17(23)24)13-4-3-12(9-18-13)19-16(22)8-11-2-5-14(20(25)26)15(21)7-11/h2-5,7,9-10,21H,6,8H2,1H3,(H,19,22)(H,23,24)/t10-/m0/s1. The summed E-state index contributed by atoms with van der Waals surface area (Å²) in [6, 6.07) is 6.96. The molecule has 0 spiro atoms. The molecule has 1 heterocycles. The Morgan fingerprint density at radius 2 is 2.04 bits per heavy atom. The minimum atomic E-state index is -0.914. The first-order chi connectivity index (χ1) is 12.3. The number of carboxylic acid groups (broad SMARTS) is 1. The van der Waals surface area contributed by atoms with Crippen LogP contribution in [0.25, 0.3) is 0 Å². The summed E-state index contributed by atoms with van der Waals surface area (Å²) in [7, 11) is 0. The maximum atomic E-state index is 12.0. The average Bonchev–Trinajstić information content (AvgIpc) is 2.54. The molecule has 0 saturated heterocycles. The van der Waals surface area contributed by atoms with E-state index in [2.05, 4.69) is 10.3 Å². The number of nitrogens with one attached hydrogen (secondary N) is 1. The number of nitro groups is 1. The van der Waals surface area contributed by atoms with Crippen LogP contribution in [0.15, 0.2) is 36.5 Å². The lowest BCUT2D eigenvalue weighted by molar-refractivity contribution is -0.385. The van der Waals surface area contributed by atoms with Gasteiger partial charge in [0.25, 0.3) is 0 Å². The molecule has 1 aromatic carbocycles. The van der Waals surface area contributed by atoms with Crippen LogP contribution < -0.4 is 5.32 Å². The fraction of sp³-hybridized carbons (Fsp3) is 0.235. The number of nitro benzene ring substituents is 1. The third-order valence-corrected chi connectivity index (χ3v) is 3.66. The summed E-state index contributed by atoms with van der Waals surface area (Å²) in [5.74, 6) is -2.05. The molecule has 0 aliphatic heterocycles. The Kier molecular flexibility index (Phi) is 5.84. The van der Waals surface area contributed by atoms with E-state index in [9.17, 15) is 24.8 Å². The molecule has 136 valence electrons. The third-order valence-electron chi connectivity index (χ3n) is 3.66. The van der Waals surface area contributed by atoms with Gasteiger partial charge in [-0.1, -0.05) is 13.0 Å². The highest BCUT2D eigenvalue weighted by atomic mass is 16.6. The summed E-state index contributed by atoms with van der Waals surface area (Å²) in [5, 5.41) is 31.6. The van der Waals surface area contributed by atoms with Gasteiger partial charge in [-0.3, -0.25) is 24.7 Å². The first-order valence-electron chi connectivity index (χ1n) is 7.70. The van der Waals surface area contributed by atoms with Gasteiger partial charge in [-0.2, -0.15) is 0 Å². The van der Waals surface area contributed by atoms with Crippen LogP contribution in [0.5, 0.6) is 5.75 Å². The highest BCUT2D eigenvalue weighted by Crippen LogP contribution is 2.26. The van der Waals surface area contributed by atoms with Gasteiger partial charge in [-0.25, -0.2) is 0 Å². The lowest BCUT2D eigenvalue weighted by Gasteiger charge is -2.10. The van der Waals surface area contributed by atoms with E-state index in [1.54, 1.807) is 19.1 Å². The number of carbonyl (C=O) groups excluding carboxylic acids is 1. The van der Waals surface area contributed by atoms with Gasteiger partial charge in [0.1, 0.15) is 0 Å². The molecule has 1 aromatic heterocycles. The number of phenols is 1. The molecule has 9 nitrogen and oxygen atoms in total. The SMILES string of the molecule is C[C@@H](CC(=O)O)c1ccc(NC(=O)Cc2ccc([N+](=O)[O-])c(O)c2)cn1. The highest BCUT2D eigenvalue weighted by molar-refractivity contribution is 5.92. The molecule has 0 fully saturated rings. The number of aliphatic carboxylic acids is 1. The van der Waals surface area contributed by atoms with Crippen molar-refractivity contribution in [3.05, 3.63) is 57.9 Å². The van der Waals surface area contributed by atoms with E-state index in [-0.39, 0.29) is 24.7 Å². The van der Waals surface area contributed by atoms with Gasteiger partial charge in [0.2, 0.25) is 5.91 Å². The first-order valence-corrected chi connectivity index (χ1v) is 7.70. The summed E-state index contributed by atoms with van der Waals surface area (Å²) in [4.78, 5) is 36.8. The zero-order valence-electron chi connectivity index (χ0n) is 13.9. The number of amides is 1. The molecular formula is C17H17N3O6. The second-order valence-corrected chi connectivity index (χ2v) is 5.78. The van der Waals surface area contributed by atoms with Crippen LogP contribution in [0.4, 0.5) is 11.4 Å². The van der Waals surface area contributed by atoms with Crippen molar-refractivity contribution in [2.24, 2.45) is 0 Å². The van der Waals surface area contributed by atoms with Crippen molar-refractivity contribution in [3.63, 3.8) is 0 Å². The Hall–Kier alpha value is -3.49. The molecule has 26 heavy (non-hydrogen) atoms. The average molecular weight is 359 g/mol. The lowest BCUT2D eigenvalue weighted by atomic mass is 10.0. The Bertz CT molecular complexity index is 835. The van der Waals surface area contributed by atoms with E-state index < -0.39 is 22.3 Å². The summed E-state index contributed by atoms with van der Waals surface area (Å²) >= 11 is 0. The highest BCUT2D eigenvalue weighted by Gasteiger charge is 2.15. The summed E-state index contributed by atoms with van der Waals surface area (Å²) in [6.45, 7) is 1.75. The number of aromatic nitrogens is 1. The van der Waals surface area contributed by atoms with Crippen LogP contribution in [-0.4, -0.2) is 32.0 Å². The molecule has 0 bridgehead atoms. The van der Waals surface area contributed by atoms with Crippen LogP contribution in [0, 0.1) is 10.1 Å². The maximum Gasteiger partial charge on any atom is 0.310 e. The molecule has 0 saturated carbocycles. The Morgan fingerprint density at radius 1 is 1.31 bits per heavy atom. The van der Waals surface area contributed by atoms with Crippen LogP contribution in [-0.2, 0) is 16.0 Å². The number of aromatic hydroxyl groups is 1. The number of carbonyl (C=O) groups is 2. The number of benzene rings is 1. The van der Waals surface area contributed by atoms with Gasteiger partial charge in [0, 0.05) is 17.7 Å². The van der Waals surface area contributed by atoms with Gasteiger partial charge in [-0.15, -0.1) is 0 Å². The zero-order valence-corrected chi connectivity index (χ0v) is 13.9. The largest absolute Gasteiger partial charge is 0.502 e. The maximum absolute atomic E-state index is 12.0. The van der Waals surface area contributed by atoms with Crippen molar-refractivity contribution in [2.75, 3.05) is 5.32 Å². The van der Waals surface area contributed by atoms with Crippen LogP contribution in [0.2, 0.25) is 0 Å². The molecule has 9 heteroatoms. The molecule has 0 radical (unpaired) electrons. The van der Waals surface area contributed by atoms with Crippen molar-refractivity contribution >= 4 is 23.3 Å². The van der Waals surface area contributed by atoms with E-state index in [0.717, 1.165) is 6.07 Å². The molecule has 0 aliphatic rings. The predicted molar refractivity (Wildman–Crippen MR) is 92.0 cm³/mol. The van der Waals surface area contributed by atoms with Gasteiger partial charge >= 0.3 is 11.7 Å². The van der Waals surface area contributed by atoms with Gasteiger partial charge < -0.3 is 15.5 Å². The smallest absolute Gasteiger partial charge is 0.310 e. The molecular weight excluding hydrogens is 342 g/mol. The lowest BCUT2D eigenvalue weighted by Crippen LogP contribution is -2.15. The third kappa shape index (κ3) is 5.00. The number of phenolic OH excluding ortho intramolecular Hbond substituents is 1. The number of carboxylic acids is 1. The number of nitrogens with zero attached hydrogens (tertiary/aromatic N) is 2. The van der Waals surface area contributed by atoms with Gasteiger partial charge in [0.15, 0.2) is 5.75 Å². The molecule has 0 unspecified atom stereocenters. The van der Waals surface area contributed by atoms with Crippen molar-refractivity contribution in [3.8, 4) is 5.75 Å². The topological polar surface area (TPSA) is 143 Å². The molecule has 3 N–H and O–H groups in total. The summed E-state index contributed by atoms with van der Waals surface area (Å²) in [5.41, 5.74) is 1.03. The number of rotatable bonds is 7. The Balaban J connectivity index is 1.98. The number of hydrogen-bond donors (Lipinski definition) is 3. The first kappa shape index (κ1) is 18.8. The minimum absolute atomic E-state index is 0.0393.